The molecular formula is C14H17NO6. The first kappa shape index (κ1) is 15.1. The topological polar surface area (TPSA) is 85.3 Å². The SMILES string of the molecule is COc1cccc(C2C(C(=O)O)OCC(=O)N2C)c1OC. The molecule has 0 aliphatic carbocycles. The van der Waals surface area contributed by atoms with E-state index in [0.29, 0.717) is 17.1 Å². The van der Waals surface area contributed by atoms with Gasteiger partial charge in [0.25, 0.3) is 0 Å². The number of carboxylic acid groups (broad SMARTS) is 1. The van der Waals surface area contributed by atoms with Crippen LogP contribution in [-0.4, -0.2) is 55.9 Å². The van der Waals surface area contributed by atoms with Crippen LogP contribution in [0, 0.1) is 0 Å². The number of rotatable bonds is 4. The smallest absolute Gasteiger partial charge is 0.335 e. The molecule has 0 aromatic heterocycles. The van der Waals surface area contributed by atoms with E-state index in [9.17, 15) is 14.7 Å². The van der Waals surface area contributed by atoms with Crippen LogP contribution >= 0.6 is 0 Å². The van der Waals surface area contributed by atoms with Gasteiger partial charge in [-0.05, 0) is 6.07 Å². The molecule has 1 aliphatic heterocycles. The van der Waals surface area contributed by atoms with Crippen LogP contribution in [0.15, 0.2) is 18.2 Å². The number of para-hydroxylation sites is 1. The van der Waals surface area contributed by atoms with Crippen molar-refractivity contribution in [2.75, 3.05) is 27.9 Å². The minimum Gasteiger partial charge on any atom is -0.493 e. The van der Waals surface area contributed by atoms with Gasteiger partial charge in [0.05, 0.1) is 20.3 Å². The number of aliphatic carboxylic acids is 1. The maximum Gasteiger partial charge on any atom is 0.335 e. The number of methoxy groups -OCH3 is 2. The van der Waals surface area contributed by atoms with Crippen molar-refractivity contribution in [2.45, 2.75) is 12.1 Å². The molecule has 0 radical (unpaired) electrons. The Labute approximate surface area is 122 Å². The average Bonchev–Trinajstić information content (AvgIpc) is 2.48. The number of carbonyl (C=O) groups is 2. The van der Waals surface area contributed by atoms with Gasteiger partial charge in [-0.1, -0.05) is 12.1 Å². The zero-order valence-corrected chi connectivity index (χ0v) is 12.0. The van der Waals surface area contributed by atoms with Gasteiger partial charge >= 0.3 is 5.97 Å². The number of carboxylic acids is 1. The zero-order valence-electron chi connectivity index (χ0n) is 12.0. The molecule has 0 spiro atoms. The second kappa shape index (κ2) is 6.01. The Morgan fingerprint density at radius 3 is 2.67 bits per heavy atom. The summed E-state index contributed by atoms with van der Waals surface area (Å²) in [4.78, 5) is 24.6. The minimum atomic E-state index is -1.16. The molecule has 2 unspecified atom stereocenters. The van der Waals surface area contributed by atoms with Crippen molar-refractivity contribution >= 4 is 11.9 Å². The maximum atomic E-state index is 11.8. The average molecular weight is 295 g/mol. The molecule has 7 nitrogen and oxygen atoms in total. The first-order chi connectivity index (χ1) is 10.0. The van der Waals surface area contributed by atoms with E-state index >= 15 is 0 Å². The molecule has 1 heterocycles. The van der Waals surface area contributed by atoms with E-state index in [4.69, 9.17) is 14.2 Å². The van der Waals surface area contributed by atoms with Gasteiger partial charge in [0.15, 0.2) is 17.6 Å². The Kier molecular flexibility index (Phi) is 4.32. The fourth-order valence-electron chi connectivity index (χ4n) is 2.44. The highest BCUT2D eigenvalue weighted by Crippen LogP contribution is 2.40. The fraction of sp³-hybridized carbons (Fsp3) is 0.429. The first-order valence-corrected chi connectivity index (χ1v) is 6.32. The Morgan fingerprint density at radius 2 is 2.10 bits per heavy atom. The van der Waals surface area contributed by atoms with E-state index in [1.807, 2.05) is 0 Å². The van der Waals surface area contributed by atoms with Crippen LogP contribution in [0.4, 0.5) is 0 Å². The van der Waals surface area contributed by atoms with Gasteiger partial charge in [-0.2, -0.15) is 0 Å². The van der Waals surface area contributed by atoms with Crippen LogP contribution < -0.4 is 9.47 Å². The quantitative estimate of drug-likeness (QED) is 0.879. The highest BCUT2D eigenvalue weighted by Gasteiger charge is 2.41. The van der Waals surface area contributed by atoms with Crippen LogP contribution in [0.1, 0.15) is 11.6 Å². The molecule has 114 valence electrons. The van der Waals surface area contributed by atoms with Crippen molar-refractivity contribution in [3.63, 3.8) is 0 Å². The van der Waals surface area contributed by atoms with Crippen LogP contribution in [0.25, 0.3) is 0 Å². The summed E-state index contributed by atoms with van der Waals surface area (Å²) in [6.45, 7) is -0.254. The molecule has 1 fully saturated rings. The van der Waals surface area contributed by atoms with Gasteiger partial charge in [-0.3, -0.25) is 4.79 Å². The fourth-order valence-corrected chi connectivity index (χ4v) is 2.44. The Balaban J connectivity index is 2.54. The van der Waals surface area contributed by atoms with Gasteiger partial charge < -0.3 is 24.2 Å². The predicted molar refractivity (Wildman–Crippen MR) is 72.4 cm³/mol. The van der Waals surface area contributed by atoms with E-state index < -0.39 is 18.1 Å². The lowest BCUT2D eigenvalue weighted by Crippen LogP contribution is -2.50. The molecule has 7 heteroatoms. The molecule has 1 aromatic carbocycles. The third-order valence-electron chi connectivity index (χ3n) is 3.48. The number of hydrogen-bond acceptors (Lipinski definition) is 5. The van der Waals surface area contributed by atoms with Gasteiger partial charge in [0, 0.05) is 12.6 Å². The summed E-state index contributed by atoms with van der Waals surface area (Å²) >= 11 is 0. The third-order valence-corrected chi connectivity index (χ3v) is 3.48. The normalized spacial score (nSPS) is 22.0. The highest BCUT2D eigenvalue weighted by atomic mass is 16.5. The number of amides is 1. The number of likely N-dealkylation sites (N-methyl/N-ethyl adjacent to an activating group) is 1. The Bertz CT molecular complexity index is 558. The predicted octanol–water partition coefficient (Wildman–Crippen LogP) is 0.687. The number of nitrogens with zero attached hydrogens (tertiary/aromatic N) is 1. The molecule has 1 saturated heterocycles. The van der Waals surface area contributed by atoms with Crippen LogP contribution in [0.2, 0.25) is 0 Å². The monoisotopic (exact) mass is 295 g/mol. The Morgan fingerprint density at radius 1 is 1.38 bits per heavy atom. The molecule has 1 aromatic rings. The summed E-state index contributed by atoms with van der Waals surface area (Å²) in [6.07, 6.45) is -1.16. The molecule has 2 rings (SSSR count). The molecule has 1 aliphatic rings. The molecule has 0 saturated carbocycles. The van der Waals surface area contributed by atoms with Crippen LogP contribution in [0.3, 0.4) is 0 Å². The van der Waals surface area contributed by atoms with Crippen molar-refractivity contribution < 1.29 is 28.9 Å². The lowest BCUT2D eigenvalue weighted by molar-refractivity contribution is -0.171. The van der Waals surface area contributed by atoms with Crippen molar-refractivity contribution in [1.82, 2.24) is 4.90 Å². The number of hydrogen-bond donors (Lipinski definition) is 1. The number of ether oxygens (including phenoxy) is 3. The summed E-state index contributed by atoms with van der Waals surface area (Å²) in [7, 11) is 4.50. The number of benzene rings is 1. The second-order valence-electron chi connectivity index (χ2n) is 4.60. The van der Waals surface area contributed by atoms with E-state index in [1.54, 1.807) is 25.2 Å². The van der Waals surface area contributed by atoms with E-state index in [1.165, 1.54) is 19.1 Å². The van der Waals surface area contributed by atoms with Gasteiger partial charge in [-0.25, -0.2) is 4.79 Å². The summed E-state index contributed by atoms with van der Waals surface area (Å²) < 4.78 is 15.7. The van der Waals surface area contributed by atoms with E-state index in [0.717, 1.165) is 0 Å². The van der Waals surface area contributed by atoms with Crippen molar-refractivity contribution in [2.24, 2.45) is 0 Å². The standard InChI is InChI=1S/C14H17NO6/c1-15-10(16)7-21-13(14(17)18)11(15)8-5-4-6-9(19-2)12(8)20-3/h4-6,11,13H,7H2,1-3H3,(H,17,18). The minimum absolute atomic E-state index is 0.254. The highest BCUT2D eigenvalue weighted by molar-refractivity contribution is 5.83. The lowest BCUT2D eigenvalue weighted by atomic mass is 9.97. The molecule has 2 atom stereocenters. The molecular weight excluding hydrogens is 278 g/mol. The number of morpholine rings is 1. The Hall–Kier alpha value is -2.28. The molecule has 1 amide bonds. The summed E-state index contributed by atoms with van der Waals surface area (Å²) in [5.74, 6) is -0.571. The van der Waals surface area contributed by atoms with Gasteiger partial charge in [0.2, 0.25) is 5.91 Å². The second-order valence-corrected chi connectivity index (χ2v) is 4.60. The van der Waals surface area contributed by atoms with Gasteiger partial charge in [-0.15, -0.1) is 0 Å². The maximum absolute atomic E-state index is 11.8. The molecule has 1 N–H and O–H groups in total. The van der Waals surface area contributed by atoms with Crippen LogP contribution in [-0.2, 0) is 14.3 Å². The van der Waals surface area contributed by atoms with Crippen molar-refractivity contribution in [3.8, 4) is 11.5 Å². The number of carbonyl (C=O) groups excluding carboxylic acids is 1. The summed E-state index contributed by atoms with van der Waals surface area (Å²) in [6, 6.07) is 4.32. The van der Waals surface area contributed by atoms with Gasteiger partial charge in [0.1, 0.15) is 6.61 Å². The summed E-state index contributed by atoms with van der Waals surface area (Å²) in [5, 5.41) is 9.33. The molecule has 21 heavy (non-hydrogen) atoms. The van der Waals surface area contributed by atoms with E-state index in [2.05, 4.69) is 0 Å². The third kappa shape index (κ3) is 2.64. The van der Waals surface area contributed by atoms with Crippen molar-refractivity contribution in [1.29, 1.82) is 0 Å². The lowest BCUT2D eigenvalue weighted by Gasteiger charge is -2.37. The summed E-state index contributed by atoms with van der Waals surface area (Å²) in [5.41, 5.74) is 0.528. The van der Waals surface area contributed by atoms with Crippen LogP contribution in [0.5, 0.6) is 11.5 Å². The largest absolute Gasteiger partial charge is 0.493 e. The van der Waals surface area contributed by atoms with Crippen molar-refractivity contribution in [3.05, 3.63) is 23.8 Å². The zero-order chi connectivity index (χ0) is 15.6. The first-order valence-electron chi connectivity index (χ1n) is 6.32. The van der Waals surface area contributed by atoms with E-state index in [-0.39, 0.29) is 12.5 Å². The molecule has 0 bridgehead atoms.